The molecule has 1 aromatic heterocycles. The molecule has 4 heteroatoms. The Kier molecular flexibility index (Phi) is 4.45. The molecule has 1 spiro atoms. The zero-order chi connectivity index (χ0) is 14.7. The van der Waals surface area contributed by atoms with Crippen molar-refractivity contribution in [3.05, 3.63) is 35.0 Å². The van der Waals surface area contributed by atoms with E-state index in [1.54, 1.807) is 11.3 Å². The van der Waals surface area contributed by atoms with E-state index < -0.39 is 0 Å². The maximum absolute atomic E-state index is 12.6. The third-order valence-electron chi connectivity index (χ3n) is 4.90. The van der Waals surface area contributed by atoms with E-state index >= 15 is 0 Å². The van der Waals surface area contributed by atoms with Crippen molar-refractivity contribution < 1.29 is 4.79 Å². The SMILES string of the molecule is C=CCN1CCC[C@]12CCCN(C(=O)Cc1cccs1)C2. The van der Waals surface area contributed by atoms with Gasteiger partial charge in [-0.25, -0.2) is 0 Å². The van der Waals surface area contributed by atoms with Crippen molar-refractivity contribution in [3.63, 3.8) is 0 Å². The van der Waals surface area contributed by atoms with E-state index in [0.29, 0.717) is 12.3 Å². The van der Waals surface area contributed by atoms with Crippen LogP contribution in [0.5, 0.6) is 0 Å². The highest BCUT2D eigenvalue weighted by Crippen LogP contribution is 2.37. The highest BCUT2D eigenvalue weighted by Gasteiger charge is 2.44. The number of likely N-dealkylation sites (tertiary alicyclic amines) is 2. The van der Waals surface area contributed by atoms with Gasteiger partial charge in [0.25, 0.3) is 0 Å². The first kappa shape index (κ1) is 14.8. The van der Waals surface area contributed by atoms with Crippen molar-refractivity contribution in [1.29, 1.82) is 0 Å². The molecule has 2 fully saturated rings. The van der Waals surface area contributed by atoms with Crippen LogP contribution >= 0.6 is 11.3 Å². The van der Waals surface area contributed by atoms with Crippen molar-refractivity contribution in [2.24, 2.45) is 0 Å². The van der Waals surface area contributed by atoms with Crippen LogP contribution in [0.3, 0.4) is 0 Å². The van der Waals surface area contributed by atoms with Crippen LogP contribution in [-0.4, -0.2) is 47.4 Å². The summed E-state index contributed by atoms with van der Waals surface area (Å²) >= 11 is 1.68. The van der Waals surface area contributed by atoms with Crippen molar-refractivity contribution >= 4 is 17.2 Å². The van der Waals surface area contributed by atoms with Gasteiger partial charge in [-0.1, -0.05) is 12.1 Å². The fourth-order valence-electron chi connectivity index (χ4n) is 3.90. The van der Waals surface area contributed by atoms with Gasteiger partial charge in [-0.15, -0.1) is 17.9 Å². The van der Waals surface area contributed by atoms with Gasteiger partial charge in [0.15, 0.2) is 0 Å². The Hall–Kier alpha value is -1.13. The first-order valence-electron chi connectivity index (χ1n) is 7.90. The zero-order valence-electron chi connectivity index (χ0n) is 12.6. The highest BCUT2D eigenvalue weighted by atomic mass is 32.1. The van der Waals surface area contributed by atoms with E-state index in [9.17, 15) is 4.79 Å². The lowest BCUT2D eigenvalue weighted by atomic mass is 9.86. The second-order valence-corrected chi connectivity index (χ2v) is 7.27. The Balaban J connectivity index is 1.67. The number of amides is 1. The number of thiophene rings is 1. The number of hydrogen-bond acceptors (Lipinski definition) is 3. The maximum Gasteiger partial charge on any atom is 0.227 e. The minimum absolute atomic E-state index is 0.220. The molecule has 1 atom stereocenters. The monoisotopic (exact) mass is 304 g/mol. The summed E-state index contributed by atoms with van der Waals surface area (Å²) in [7, 11) is 0. The van der Waals surface area contributed by atoms with Crippen molar-refractivity contribution in [1.82, 2.24) is 9.80 Å². The summed E-state index contributed by atoms with van der Waals surface area (Å²) < 4.78 is 0. The largest absolute Gasteiger partial charge is 0.341 e. The lowest BCUT2D eigenvalue weighted by Crippen LogP contribution is -2.57. The number of carbonyl (C=O) groups excluding carboxylic acids is 1. The van der Waals surface area contributed by atoms with Gasteiger partial charge in [0.05, 0.1) is 6.42 Å². The second-order valence-electron chi connectivity index (χ2n) is 6.24. The van der Waals surface area contributed by atoms with Crippen molar-refractivity contribution in [2.75, 3.05) is 26.2 Å². The fourth-order valence-corrected chi connectivity index (χ4v) is 4.59. The molecule has 0 radical (unpaired) electrons. The van der Waals surface area contributed by atoms with Gasteiger partial charge in [-0.05, 0) is 43.7 Å². The van der Waals surface area contributed by atoms with Gasteiger partial charge < -0.3 is 4.90 Å². The van der Waals surface area contributed by atoms with Crippen molar-refractivity contribution in [2.45, 2.75) is 37.6 Å². The number of carbonyl (C=O) groups is 1. The normalized spacial score (nSPS) is 26.4. The molecule has 21 heavy (non-hydrogen) atoms. The molecule has 114 valence electrons. The Bertz CT molecular complexity index is 499. The van der Waals surface area contributed by atoms with Crippen LogP contribution in [0.4, 0.5) is 0 Å². The van der Waals surface area contributed by atoms with Gasteiger partial charge in [-0.2, -0.15) is 0 Å². The topological polar surface area (TPSA) is 23.6 Å². The molecular formula is C17H24N2OS. The van der Waals surface area contributed by atoms with E-state index in [4.69, 9.17) is 0 Å². The molecule has 1 amide bonds. The molecule has 0 unspecified atom stereocenters. The quantitative estimate of drug-likeness (QED) is 0.799. The molecule has 0 N–H and O–H groups in total. The average molecular weight is 304 g/mol. The first-order valence-corrected chi connectivity index (χ1v) is 8.78. The minimum Gasteiger partial charge on any atom is -0.341 e. The number of nitrogens with zero attached hydrogens (tertiary/aromatic N) is 2. The molecule has 2 saturated heterocycles. The molecule has 3 heterocycles. The fraction of sp³-hybridized carbons (Fsp3) is 0.588. The van der Waals surface area contributed by atoms with Crippen molar-refractivity contribution in [3.8, 4) is 0 Å². The molecule has 3 rings (SSSR count). The van der Waals surface area contributed by atoms with Crippen LogP contribution in [0.25, 0.3) is 0 Å². The third kappa shape index (κ3) is 3.06. The molecule has 1 aromatic rings. The summed E-state index contributed by atoms with van der Waals surface area (Å²) in [6, 6.07) is 4.08. The number of rotatable bonds is 4. The molecule has 3 nitrogen and oxygen atoms in total. The van der Waals surface area contributed by atoms with Gasteiger partial charge in [0.1, 0.15) is 0 Å². The van der Waals surface area contributed by atoms with E-state index in [-0.39, 0.29) is 5.54 Å². The van der Waals surface area contributed by atoms with Crippen LogP contribution in [0.2, 0.25) is 0 Å². The number of piperidine rings is 1. The summed E-state index contributed by atoms with van der Waals surface area (Å²) in [4.78, 5) is 18.4. The van der Waals surface area contributed by atoms with Crippen LogP contribution in [0.1, 0.15) is 30.6 Å². The Morgan fingerprint density at radius 1 is 1.38 bits per heavy atom. The summed E-state index contributed by atoms with van der Waals surface area (Å²) in [5, 5.41) is 2.04. The Labute approximate surface area is 131 Å². The van der Waals surface area contributed by atoms with Gasteiger partial charge in [0.2, 0.25) is 5.91 Å². The van der Waals surface area contributed by atoms with E-state index in [2.05, 4.69) is 22.4 Å². The smallest absolute Gasteiger partial charge is 0.227 e. The van der Waals surface area contributed by atoms with Crippen LogP contribution < -0.4 is 0 Å². The molecule has 2 aliphatic rings. The summed E-state index contributed by atoms with van der Waals surface area (Å²) in [5.41, 5.74) is 0.220. The summed E-state index contributed by atoms with van der Waals surface area (Å²) in [6.45, 7) is 7.82. The first-order chi connectivity index (χ1) is 10.2. The minimum atomic E-state index is 0.220. The standard InChI is InChI=1S/C17H24N2OS/c1-2-9-19-11-5-8-17(19)7-4-10-18(14-17)16(20)13-15-6-3-12-21-15/h2-3,6,12H,1,4-5,7-11,13-14H2/t17-/m0/s1. The predicted octanol–water partition coefficient (Wildman–Crippen LogP) is 2.93. The Morgan fingerprint density at radius 3 is 2.90 bits per heavy atom. The van der Waals surface area contributed by atoms with Gasteiger partial charge in [0, 0.05) is 30.1 Å². The molecule has 0 aromatic carbocycles. The van der Waals surface area contributed by atoms with E-state index in [1.807, 2.05) is 17.5 Å². The summed E-state index contributed by atoms with van der Waals surface area (Å²) in [6.07, 6.45) is 7.40. The van der Waals surface area contributed by atoms with Crippen LogP contribution in [0.15, 0.2) is 30.2 Å². The average Bonchev–Trinajstić information content (AvgIpc) is 3.11. The molecule has 2 aliphatic heterocycles. The van der Waals surface area contributed by atoms with E-state index in [1.165, 1.54) is 24.1 Å². The Morgan fingerprint density at radius 2 is 2.19 bits per heavy atom. The summed E-state index contributed by atoms with van der Waals surface area (Å²) in [5.74, 6) is 0.293. The van der Waals surface area contributed by atoms with Gasteiger partial charge >= 0.3 is 0 Å². The third-order valence-corrected chi connectivity index (χ3v) is 5.78. The zero-order valence-corrected chi connectivity index (χ0v) is 13.4. The number of hydrogen-bond donors (Lipinski definition) is 0. The van der Waals surface area contributed by atoms with Crippen LogP contribution in [0, 0.1) is 0 Å². The molecule has 0 bridgehead atoms. The van der Waals surface area contributed by atoms with Gasteiger partial charge in [-0.3, -0.25) is 9.69 Å². The second kappa shape index (κ2) is 6.32. The predicted molar refractivity (Wildman–Crippen MR) is 87.6 cm³/mol. The van der Waals surface area contributed by atoms with E-state index in [0.717, 1.165) is 32.6 Å². The maximum atomic E-state index is 12.6. The molecular weight excluding hydrogens is 280 g/mol. The molecule has 0 aliphatic carbocycles. The molecule has 0 saturated carbocycles. The van der Waals surface area contributed by atoms with Crippen LogP contribution in [-0.2, 0) is 11.2 Å². The lowest BCUT2D eigenvalue weighted by Gasteiger charge is -2.46. The highest BCUT2D eigenvalue weighted by molar-refractivity contribution is 7.10. The lowest BCUT2D eigenvalue weighted by molar-refractivity contribution is -0.134.